The normalized spacial score (nSPS) is 29.1. The molecule has 4 nitrogen and oxygen atoms in total. The number of hydrogen-bond donors (Lipinski definition) is 1. The number of likely N-dealkylation sites (tertiary alicyclic amines) is 1. The summed E-state index contributed by atoms with van der Waals surface area (Å²) in [6, 6.07) is 4.32. The second-order valence-corrected chi connectivity index (χ2v) is 5.88. The summed E-state index contributed by atoms with van der Waals surface area (Å²) in [4.78, 5) is 2.44. The van der Waals surface area contributed by atoms with Crippen LogP contribution in [0.25, 0.3) is 0 Å². The molecular formula is C15H20N2O2. The first kappa shape index (κ1) is 11.4. The van der Waals surface area contributed by atoms with Crippen molar-refractivity contribution in [1.29, 1.82) is 0 Å². The number of nitrogens with one attached hydrogen (secondary N) is 1. The minimum Gasteiger partial charge on any atom is -0.486 e. The van der Waals surface area contributed by atoms with Gasteiger partial charge in [-0.1, -0.05) is 0 Å². The van der Waals surface area contributed by atoms with Crippen molar-refractivity contribution < 1.29 is 9.47 Å². The number of piperidine rings is 1. The zero-order valence-electron chi connectivity index (χ0n) is 11.3. The molecule has 3 heterocycles. The molecule has 0 aliphatic carbocycles. The maximum atomic E-state index is 5.73. The average Bonchev–Trinajstić information content (AvgIpc) is 2.45. The Morgan fingerprint density at radius 1 is 1.21 bits per heavy atom. The molecule has 1 aromatic carbocycles. The summed E-state index contributed by atoms with van der Waals surface area (Å²) >= 11 is 0. The Morgan fingerprint density at radius 2 is 2.00 bits per heavy atom. The van der Waals surface area contributed by atoms with Gasteiger partial charge in [0.1, 0.15) is 13.2 Å². The summed E-state index contributed by atoms with van der Waals surface area (Å²) in [5.41, 5.74) is 2.65. The van der Waals surface area contributed by atoms with Crippen LogP contribution in [0, 0.1) is 5.92 Å². The Labute approximate surface area is 113 Å². The van der Waals surface area contributed by atoms with Gasteiger partial charge in [0.05, 0.1) is 0 Å². The fraction of sp³-hybridized carbons (Fsp3) is 0.600. The van der Waals surface area contributed by atoms with E-state index in [0.29, 0.717) is 19.1 Å². The number of likely N-dealkylation sites (N-methyl/N-ethyl adjacent to an activating group) is 1. The molecule has 3 aliphatic heterocycles. The van der Waals surface area contributed by atoms with Gasteiger partial charge in [-0.15, -0.1) is 0 Å². The summed E-state index contributed by atoms with van der Waals surface area (Å²) in [5, 5.41) is 3.57. The highest BCUT2D eigenvalue weighted by Crippen LogP contribution is 2.45. The Hall–Kier alpha value is -1.42. The van der Waals surface area contributed by atoms with Crippen molar-refractivity contribution in [1.82, 2.24) is 4.90 Å². The summed E-state index contributed by atoms with van der Waals surface area (Å²) in [7, 11) is 2.22. The van der Waals surface area contributed by atoms with E-state index < -0.39 is 0 Å². The van der Waals surface area contributed by atoms with Crippen LogP contribution in [-0.4, -0.2) is 44.8 Å². The Morgan fingerprint density at radius 3 is 2.84 bits per heavy atom. The first-order chi connectivity index (χ1) is 9.31. The molecule has 0 spiro atoms. The highest BCUT2D eigenvalue weighted by Gasteiger charge is 2.34. The minimum absolute atomic E-state index is 0.630. The van der Waals surface area contributed by atoms with Crippen LogP contribution in [0.5, 0.6) is 11.5 Å². The maximum Gasteiger partial charge on any atom is 0.163 e. The molecule has 1 fully saturated rings. The van der Waals surface area contributed by atoms with E-state index >= 15 is 0 Å². The number of rotatable bonds is 0. The van der Waals surface area contributed by atoms with E-state index in [4.69, 9.17) is 9.47 Å². The molecule has 0 radical (unpaired) electrons. The highest BCUT2D eigenvalue weighted by molar-refractivity contribution is 5.63. The topological polar surface area (TPSA) is 33.7 Å². The molecule has 2 atom stereocenters. The van der Waals surface area contributed by atoms with E-state index in [-0.39, 0.29) is 0 Å². The molecule has 4 rings (SSSR count). The molecular weight excluding hydrogens is 240 g/mol. The molecule has 0 aromatic heterocycles. The second kappa shape index (κ2) is 4.30. The average molecular weight is 260 g/mol. The Balaban J connectivity index is 1.75. The van der Waals surface area contributed by atoms with E-state index in [2.05, 4.69) is 29.4 Å². The zero-order valence-corrected chi connectivity index (χ0v) is 11.3. The summed E-state index contributed by atoms with van der Waals surface area (Å²) in [6.07, 6.45) is 1.28. The van der Waals surface area contributed by atoms with Crippen molar-refractivity contribution in [3.05, 3.63) is 17.7 Å². The third-order valence-electron chi connectivity index (χ3n) is 4.63. The van der Waals surface area contributed by atoms with Crippen LogP contribution >= 0.6 is 0 Å². The van der Waals surface area contributed by atoms with Crippen molar-refractivity contribution in [2.45, 2.75) is 12.3 Å². The van der Waals surface area contributed by atoms with Crippen LogP contribution in [-0.2, 0) is 0 Å². The molecule has 1 N–H and O–H groups in total. The smallest absolute Gasteiger partial charge is 0.163 e. The van der Waals surface area contributed by atoms with Crippen molar-refractivity contribution in [3.8, 4) is 11.5 Å². The van der Waals surface area contributed by atoms with Gasteiger partial charge >= 0.3 is 0 Å². The number of benzene rings is 1. The zero-order chi connectivity index (χ0) is 12.8. The molecule has 2 unspecified atom stereocenters. The monoisotopic (exact) mass is 260 g/mol. The Kier molecular flexibility index (Phi) is 2.58. The van der Waals surface area contributed by atoms with Crippen LogP contribution in [0.15, 0.2) is 12.1 Å². The fourth-order valence-electron chi connectivity index (χ4n) is 3.57. The van der Waals surface area contributed by atoms with Gasteiger partial charge in [0.2, 0.25) is 0 Å². The van der Waals surface area contributed by atoms with Gasteiger partial charge in [-0.2, -0.15) is 0 Å². The molecule has 4 heteroatoms. The quantitative estimate of drug-likeness (QED) is 0.772. The van der Waals surface area contributed by atoms with Gasteiger partial charge in [-0.05, 0) is 37.6 Å². The van der Waals surface area contributed by atoms with Gasteiger partial charge in [0, 0.05) is 30.8 Å². The summed E-state index contributed by atoms with van der Waals surface area (Å²) in [6.45, 7) is 4.76. The van der Waals surface area contributed by atoms with E-state index in [9.17, 15) is 0 Å². The van der Waals surface area contributed by atoms with Crippen LogP contribution < -0.4 is 14.8 Å². The predicted molar refractivity (Wildman–Crippen MR) is 74.3 cm³/mol. The molecule has 3 aliphatic rings. The number of ether oxygens (including phenoxy) is 2. The molecule has 1 saturated heterocycles. The first-order valence-corrected chi connectivity index (χ1v) is 7.17. The molecule has 1 aromatic rings. The Bertz CT molecular complexity index is 503. The van der Waals surface area contributed by atoms with Gasteiger partial charge < -0.3 is 19.7 Å². The second-order valence-electron chi connectivity index (χ2n) is 5.88. The van der Waals surface area contributed by atoms with Crippen molar-refractivity contribution in [2.75, 3.05) is 45.2 Å². The maximum absolute atomic E-state index is 5.73. The van der Waals surface area contributed by atoms with Gasteiger partial charge in [0.15, 0.2) is 11.5 Å². The lowest BCUT2D eigenvalue weighted by Gasteiger charge is -2.41. The lowest BCUT2D eigenvalue weighted by atomic mass is 9.77. The fourth-order valence-corrected chi connectivity index (χ4v) is 3.57. The van der Waals surface area contributed by atoms with Gasteiger partial charge in [-0.3, -0.25) is 0 Å². The summed E-state index contributed by atoms with van der Waals surface area (Å²) < 4.78 is 11.4. The number of nitrogens with zero attached hydrogens (tertiary/aromatic N) is 1. The van der Waals surface area contributed by atoms with Crippen LogP contribution in [0.2, 0.25) is 0 Å². The van der Waals surface area contributed by atoms with E-state index in [1.165, 1.54) is 24.2 Å². The van der Waals surface area contributed by atoms with Crippen molar-refractivity contribution in [2.24, 2.45) is 5.92 Å². The van der Waals surface area contributed by atoms with E-state index in [1.54, 1.807) is 0 Å². The molecule has 102 valence electrons. The number of anilines is 1. The molecule has 0 bridgehead atoms. The van der Waals surface area contributed by atoms with Crippen LogP contribution in [0.1, 0.15) is 17.9 Å². The SMILES string of the molecule is CN1CCC2CNc3cc4c(cc3C2C1)OCCO4. The highest BCUT2D eigenvalue weighted by atomic mass is 16.6. The predicted octanol–water partition coefficient (Wildman–Crippen LogP) is 1.92. The lowest BCUT2D eigenvalue weighted by Crippen LogP contribution is -2.41. The third kappa shape index (κ3) is 1.86. The van der Waals surface area contributed by atoms with Crippen LogP contribution in [0.4, 0.5) is 5.69 Å². The molecule has 19 heavy (non-hydrogen) atoms. The van der Waals surface area contributed by atoms with Crippen molar-refractivity contribution in [3.63, 3.8) is 0 Å². The van der Waals surface area contributed by atoms with E-state index in [1.807, 2.05) is 0 Å². The van der Waals surface area contributed by atoms with Crippen molar-refractivity contribution >= 4 is 5.69 Å². The number of fused-ring (bicyclic) bond motifs is 4. The largest absolute Gasteiger partial charge is 0.486 e. The molecule has 0 amide bonds. The lowest BCUT2D eigenvalue weighted by molar-refractivity contribution is 0.169. The first-order valence-electron chi connectivity index (χ1n) is 7.17. The standard InChI is InChI=1S/C15H20N2O2/c1-17-3-2-10-8-16-13-7-15-14(18-4-5-19-15)6-11(13)12(10)9-17/h6-7,10,12,16H,2-5,8-9H2,1H3. The minimum atomic E-state index is 0.630. The third-order valence-corrected chi connectivity index (χ3v) is 4.63. The van der Waals surface area contributed by atoms with Crippen LogP contribution in [0.3, 0.4) is 0 Å². The molecule has 0 saturated carbocycles. The summed E-state index contributed by atoms with van der Waals surface area (Å²) in [5.74, 6) is 3.19. The van der Waals surface area contributed by atoms with Gasteiger partial charge in [0.25, 0.3) is 0 Å². The van der Waals surface area contributed by atoms with Gasteiger partial charge in [-0.25, -0.2) is 0 Å². The van der Waals surface area contributed by atoms with E-state index in [0.717, 1.165) is 30.5 Å². The number of hydrogen-bond acceptors (Lipinski definition) is 4.